The molecule has 0 radical (unpaired) electrons. The number of nitrogens with one attached hydrogen (secondary N) is 2. The van der Waals surface area contributed by atoms with E-state index in [0.29, 0.717) is 23.7 Å². The lowest BCUT2D eigenvalue weighted by atomic mass is 10.2. The summed E-state index contributed by atoms with van der Waals surface area (Å²) in [5.41, 5.74) is -0.116. The molecule has 0 aromatic carbocycles. The van der Waals surface area contributed by atoms with Gasteiger partial charge < -0.3 is 10.3 Å². The van der Waals surface area contributed by atoms with Crippen LogP contribution < -0.4 is 10.9 Å². The first kappa shape index (κ1) is 14.7. The van der Waals surface area contributed by atoms with E-state index in [9.17, 15) is 4.79 Å². The molecule has 1 rings (SSSR count). The molecule has 0 fully saturated rings. The highest BCUT2D eigenvalue weighted by Gasteiger charge is 2.12. The number of aryl methyl sites for hydroxylation is 1. The SMILES string of the molecule is Cc1nc(NCCN(C(C)C)C(C)C)cc(=O)[nH]1. The zero-order valence-electron chi connectivity index (χ0n) is 11.9. The normalized spacial score (nSPS) is 11.6. The minimum absolute atomic E-state index is 0.116. The van der Waals surface area contributed by atoms with Gasteiger partial charge in [0, 0.05) is 31.2 Å². The fourth-order valence-electron chi connectivity index (χ4n) is 2.10. The van der Waals surface area contributed by atoms with Crippen molar-refractivity contribution in [2.24, 2.45) is 0 Å². The summed E-state index contributed by atoms with van der Waals surface area (Å²) in [4.78, 5) is 20.5. The molecule has 0 atom stereocenters. The Morgan fingerprint density at radius 2 is 1.94 bits per heavy atom. The third-order valence-electron chi connectivity index (χ3n) is 2.86. The molecular formula is C13H24N4O. The van der Waals surface area contributed by atoms with E-state index in [4.69, 9.17) is 0 Å². The number of aromatic nitrogens is 2. The lowest BCUT2D eigenvalue weighted by molar-refractivity contribution is 0.182. The summed E-state index contributed by atoms with van der Waals surface area (Å²) < 4.78 is 0. The van der Waals surface area contributed by atoms with Crippen molar-refractivity contribution >= 4 is 5.82 Å². The average molecular weight is 252 g/mol. The van der Waals surface area contributed by atoms with Gasteiger partial charge in [-0.1, -0.05) is 0 Å². The standard InChI is InChI=1S/C13H24N4O/c1-9(2)17(10(3)4)7-6-14-12-8-13(18)16-11(5)15-12/h8-10H,6-7H2,1-5H3,(H2,14,15,16,18). The zero-order valence-corrected chi connectivity index (χ0v) is 11.9. The Kier molecular flexibility index (Phi) is 5.34. The van der Waals surface area contributed by atoms with Crippen LogP contribution in [0.2, 0.25) is 0 Å². The summed E-state index contributed by atoms with van der Waals surface area (Å²) in [5.74, 6) is 1.28. The van der Waals surface area contributed by atoms with E-state index < -0.39 is 0 Å². The second kappa shape index (κ2) is 6.54. The number of aromatic amines is 1. The van der Waals surface area contributed by atoms with E-state index in [0.717, 1.165) is 13.1 Å². The second-order valence-corrected chi connectivity index (χ2v) is 5.07. The molecule has 0 aliphatic heterocycles. The number of rotatable bonds is 6. The molecular weight excluding hydrogens is 228 g/mol. The molecule has 0 saturated carbocycles. The van der Waals surface area contributed by atoms with Crippen LogP contribution in [-0.4, -0.2) is 40.0 Å². The maximum atomic E-state index is 11.3. The van der Waals surface area contributed by atoms with Crippen molar-refractivity contribution in [3.8, 4) is 0 Å². The van der Waals surface area contributed by atoms with Crippen molar-refractivity contribution < 1.29 is 0 Å². The number of hydrogen-bond acceptors (Lipinski definition) is 4. The van der Waals surface area contributed by atoms with Gasteiger partial charge in [-0.05, 0) is 34.6 Å². The van der Waals surface area contributed by atoms with Crippen LogP contribution in [0.4, 0.5) is 5.82 Å². The highest BCUT2D eigenvalue weighted by atomic mass is 16.1. The van der Waals surface area contributed by atoms with E-state index in [2.05, 4.69) is 47.9 Å². The smallest absolute Gasteiger partial charge is 0.252 e. The van der Waals surface area contributed by atoms with Crippen LogP contribution in [0.3, 0.4) is 0 Å². The molecule has 0 aliphatic rings. The summed E-state index contributed by atoms with van der Waals surface area (Å²) in [6, 6.07) is 2.52. The summed E-state index contributed by atoms with van der Waals surface area (Å²) in [6.45, 7) is 12.3. The summed E-state index contributed by atoms with van der Waals surface area (Å²) in [6.07, 6.45) is 0. The van der Waals surface area contributed by atoms with Crippen LogP contribution in [0.15, 0.2) is 10.9 Å². The summed E-state index contributed by atoms with van der Waals surface area (Å²) >= 11 is 0. The molecule has 5 heteroatoms. The number of hydrogen-bond donors (Lipinski definition) is 2. The highest BCUT2D eigenvalue weighted by molar-refractivity contribution is 5.32. The molecule has 0 saturated heterocycles. The number of nitrogens with zero attached hydrogens (tertiary/aromatic N) is 2. The van der Waals surface area contributed by atoms with Crippen molar-refractivity contribution in [1.82, 2.24) is 14.9 Å². The molecule has 1 heterocycles. The Morgan fingerprint density at radius 1 is 1.33 bits per heavy atom. The average Bonchev–Trinajstić information content (AvgIpc) is 2.21. The van der Waals surface area contributed by atoms with Gasteiger partial charge in [0.25, 0.3) is 5.56 Å². The molecule has 18 heavy (non-hydrogen) atoms. The van der Waals surface area contributed by atoms with E-state index in [1.807, 2.05) is 0 Å². The second-order valence-electron chi connectivity index (χ2n) is 5.07. The molecule has 0 unspecified atom stereocenters. The number of anilines is 1. The lowest BCUT2D eigenvalue weighted by Crippen LogP contribution is -2.40. The van der Waals surface area contributed by atoms with Crippen LogP contribution >= 0.6 is 0 Å². The van der Waals surface area contributed by atoms with Crippen molar-refractivity contribution in [3.63, 3.8) is 0 Å². The molecule has 0 spiro atoms. The molecule has 0 amide bonds. The Labute approximate surface area is 109 Å². The Bertz CT molecular complexity index is 417. The largest absolute Gasteiger partial charge is 0.369 e. The first-order chi connectivity index (χ1) is 8.40. The van der Waals surface area contributed by atoms with E-state index in [1.165, 1.54) is 6.07 Å². The summed E-state index contributed by atoms with van der Waals surface area (Å²) in [5, 5.41) is 3.19. The van der Waals surface area contributed by atoms with Crippen LogP contribution in [0.25, 0.3) is 0 Å². The first-order valence-electron chi connectivity index (χ1n) is 6.47. The van der Waals surface area contributed by atoms with Gasteiger partial charge in [-0.25, -0.2) is 4.98 Å². The van der Waals surface area contributed by atoms with Gasteiger partial charge in [0.2, 0.25) is 0 Å². The molecule has 0 aliphatic carbocycles. The summed E-state index contributed by atoms with van der Waals surface area (Å²) in [7, 11) is 0. The predicted molar refractivity (Wildman–Crippen MR) is 75.1 cm³/mol. The van der Waals surface area contributed by atoms with Gasteiger partial charge in [-0.2, -0.15) is 0 Å². The van der Waals surface area contributed by atoms with E-state index >= 15 is 0 Å². The van der Waals surface area contributed by atoms with Gasteiger partial charge in [-0.3, -0.25) is 9.69 Å². The van der Waals surface area contributed by atoms with Gasteiger partial charge in [0.1, 0.15) is 11.6 Å². The van der Waals surface area contributed by atoms with Crippen LogP contribution in [0.5, 0.6) is 0 Å². The molecule has 1 aromatic heterocycles. The Hall–Kier alpha value is -1.36. The first-order valence-corrected chi connectivity index (χ1v) is 6.47. The predicted octanol–water partition coefficient (Wildman–Crippen LogP) is 1.61. The zero-order chi connectivity index (χ0) is 13.7. The highest BCUT2D eigenvalue weighted by Crippen LogP contribution is 2.04. The monoisotopic (exact) mass is 252 g/mol. The van der Waals surface area contributed by atoms with Crippen molar-refractivity contribution in [1.29, 1.82) is 0 Å². The Balaban J connectivity index is 2.52. The van der Waals surface area contributed by atoms with Crippen molar-refractivity contribution in [2.45, 2.75) is 46.7 Å². The fourth-order valence-corrected chi connectivity index (χ4v) is 2.10. The molecule has 0 bridgehead atoms. The van der Waals surface area contributed by atoms with Crippen molar-refractivity contribution in [2.75, 3.05) is 18.4 Å². The van der Waals surface area contributed by atoms with Gasteiger partial charge in [-0.15, -0.1) is 0 Å². The lowest BCUT2D eigenvalue weighted by Gasteiger charge is -2.30. The molecule has 1 aromatic rings. The Morgan fingerprint density at radius 3 is 2.44 bits per heavy atom. The maximum absolute atomic E-state index is 11.3. The van der Waals surface area contributed by atoms with E-state index in [-0.39, 0.29) is 5.56 Å². The van der Waals surface area contributed by atoms with Crippen LogP contribution in [0.1, 0.15) is 33.5 Å². The quantitative estimate of drug-likeness (QED) is 0.807. The third kappa shape index (κ3) is 4.49. The molecule has 2 N–H and O–H groups in total. The van der Waals surface area contributed by atoms with Crippen LogP contribution in [-0.2, 0) is 0 Å². The van der Waals surface area contributed by atoms with E-state index in [1.54, 1.807) is 6.92 Å². The van der Waals surface area contributed by atoms with Gasteiger partial charge in [0.05, 0.1) is 0 Å². The minimum Gasteiger partial charge on any atom is -0.369 e. The van der Waals surface area contributed by atoms with Crippen LogP contribution in [0, 0.1) is 6.92 Å². The minimum atomic E-state index is -0.116. The molecule has 102 valence electrons. The number of H-pyrrole nitrogens is 1. The fraction of sp³-hybridized carbons (Fsp3) is 0.692. The third-order valence-corrected chi connectivity index (χ3v) is 2.86. The molecule has 5 nitrogen and oxygen atoms in total. The maximum Gasteiger partial charge on any atom is 0.252 e. The van der Waals surface area contributed by atoms with Gasteiger partial charge in [0.15, 0.2) is 0 Å². The van der Waals surface area contributed by atoms with Gasteiger partial charge >= 0.3 is 0 Å². The van der Waals surface area contributed by atoms with Crippen molar-refractivity contribution in [3.05, 3.63) is 22.2 Å². The topological polar surface area (TPSA) is 61.0 Å².